The first-order valence-corrected chi connectivity index (χ1v) is 10.8. The van der Waals surface area contributed by atoms with Crippen LogP contribution in [0, 0.1) is 0 Å². The summed E-state index contributed by atoms with van der Waals surface area (Å²) >= 11 is 0. The summed E-state index contributed by atoms with van der Waals surface area (Å²) in [6, 6.07) is 1.71. The fraction of sp³-hybridized carbons (Fsp3) is 0.762. The average molecular weight is 389 g/mol. The van der Waals surface area contributed by atoms with Crippen molar-refractivity contribution in [3.63, 3.8) is 0 Å². The van der Waals surface area contributed by atoms with E-state index in [-0.39, 0.29) is 29.6 Å². The third-order valence-corrected chi connectivity index (χ3v) is 6.20. The second kappa shape index (κ2) is 8.33. The summed E-state index contributed by atoms with van der Waals surface area (Å²) in [5, 5.41) is 0. The monoisotopic (exact) mass is 388 g/mol. The maximum atomic E-state index is 12.8. The molecule has 4 rings (SSSR count). The van der Waals surface area contributed by atoms with E-state index < -0.39 is 0 Å². The fourth-order valence-corrected chi connectivity index (χ4v) is 4.88. The first kappa shape index (κ1) is 19.6. The largest absolute Gasteiger partial charge is 0.373 e. The van der Waals surface area contributed by atoms with Crippen molar-refractivity contribution in [2.24, 2.45) is 0 Å². The highest BCUT2D eigenvalue weighted by Crippen LogP contribution is 2.26. The Bertz CT molecular complexity index is 767. The summed E-state index contributed by atoms with van der Waals surface area (Å²) < 4.78 is 7.60. The Morgan fingerprint density at radius 3 is 2.71 bits per heavy atom. The highest BCUT2D eigenvalue weighted by molar-refractivity contribution is 5.78. The van der Waals surface area contributed by atoms with Crippen LogP contribution in [-0.4, -0.2) is 70.2 Å². The van der Waals surface area contributed by atoms with Crippen LogP contribution in [0.25, 0.3) is 0 Å². The van der Waals surface area contributed by atoms with Crippen LogP contribution in [-0.2, 0) is 22.5 Å². The molecule has 154 valence electrons. The molecule has 4 heterocycles. The van der Waals surface area contributed by atoms with Crippen molar-refractivity contribution in [2.45, 2.75) is 70.6 Å². The highest BCUT2D eigenvalue weighted by atomic mass is 16.5. The summed E-state index contributed by atoms with van der Waals surface area (Å²) in [6.45, 7) is 8.37. The van der Waals surface area contributed by atoms with Crippen molar-refractivity contribution < 1.29 is 9.53 Å². The van der Waals surface area contributed by atoms with Gasteiger partial charge in [0, 0.05) is 51.1 Å². The van der Waals surface area contributed by atoms with Crippen LogP contribution >= 0.6 is 0 Å². The van der Waals surface area contributed by atoms with E-state index in [1.165, 1.54) is 0 Å². The number of nitrogens with zero attached hydrogens (tertiary/aromatic N) is 4. The molecule has 3 atom stereocenters. The number of likely N-dealkylation sites (tertiary alicyclic amines) is 1. The fourth-order valence-electron chi connectivity index (χ4n) is 4.88. The number of rotatable bonds is 3. The molecule has 0 radical (unpaired) electrons. The number of hydrogen-bond donors (Lipinski definition) is 0. The van der Waals surface area contributed by atoms with Gasteiger partial charge < -0.3 is 9.64 Å². The number of amides is 1. The molecule has 3 aliphatic rings. The standard InChI is InChI=1S/C21H32N4O3/c1-15-11-23(12-16(2)28-15)14-21(27)24-9-7-17(13-24)18-10-20(26)25-8-5-3-4-6-19(25)22-18/h10,15-17H,3-9,11-14H2,1-2H3/t15-,16-,17+/m1/s1. The molecule has 0 bridgehead atoms. The number of ether oxygens (including phenoxy) is 1. The molecule has 1 aromatic rings. The van der Waals surface area contributed by atoms with Crippen LogP contribution in [0.15, 0.2) is 10.9 Å². The van der Waals surface area contributed by atoms with Gasteiger partial charge in [-0.25, -0.2) is 4.98 Å². The molecule has 0 aromatic carbocycles. The minimum absolute atomic E-state index is 0.0722. The lowest BCUT2D eigenvalue weighted by Crippen LogP contribution is -2.49. The number of aryl methyl sites for hydroxylation is 1. The van der Waals surface area contributed by atoms with Crippen LogP contribution in [0.4, 0.5) is 0 Å². The lowest BCUT2D eigenvalue weighted by molar-refractivity contribution is -0.134. The number of hydrogen-bond acceptors (Lipinski definition) is 5. The third-order valence-electron chi connectivity index (χ3n) is 6.20. The van der Waals surface area contributed by atoms with E-state index in [4.69, 9.17) is 9.72 Å². The normalized spacial score (nSPS) is 28.8. The van der Waals surface area contributed by atoms with E-state index in [1.54, 1.807) is 6.07 Å². The zero-order valence-electron chi connectivity index (χ0n) is 17.1. The van der Waals surface area contributed by atoms with Gasteiger partial charge in [0.05, 0.1) is 24.4 Å². The molecule has 3 aliphatic heterocycles. The van der Waals surface area contributed by atoms with Crippen LogP contribution in [0.5, 0.6) is 0 Å². The number of carbonyl (C=O) groups is 1. The quantitative estimate of drug-likeness (QED) is 0.783. The van der Waals surface area contributed by atoms with Gasteiger partial charge in [0.15, 0.2) is 0 Å². The molecule has 7 heteroatoms. The van der Waals surface area contributed by atoms with Gasteiger partial charge in [-0.15, -0.1) is 0 Å². The lowest BCUT2D eigenvalue weighted by Gasteiger charge is -2.35. The molecular formula is C21H32N4O3. The second-order valence-electron chi connectivity index (χ2n) is 8.67. The lowest BCUT2D eigenvalue weighted by atomic mass is 10.0. The van der Waals surface area contributed by atoms with Gasteiger partial charge in [-0.2, -0.15) is 0 Å². The minimum Gasteiger partial charge on any atom is -0.373 e. The van der Waals surface area contributed by atoms with Crippen molar-refractivity contribution in [2.75, 3.05) is 32.7 Å². The molecule has 2 saturated heterocycles. The smallest absolute Gasteiger partial charge is 0.253 e. The molecule has 0 saturated carbocycles. The molecule has 7 nitrogen and oxygen atoms in total. The SMILES string of the molecule is C[C@@H]1CN(CC(=O)N2CC[C@H](c3cc(=O)n4c(n3)CCCCC4)C2)C[C@@H](C)O1. The highest BCUT2D eigenvalue weighted by Gasteiger charge is 2.31. The molecule has 0 spiro atoms. The summed E-state index contributed by atoms with van der Waals surface area (Å²) in [5.41, 5.74) is 0.949. The van der Waals surface area contributed by atoms with Gasteiger partial charge in [-0.1, -0.05) is 6.42 Å². The summed E-state index contributed by atoms with van der Waals surface area (Å²) in [6.07, 6.45) is 5.41. The maximum absolute atomic E-state index is 12.8. The second-order valence-corrected chi connectivity index (χ2v) is 8.67. The Morgan fingerprint density at radius 1 is 1.14 bits per heavy atom. The van der Waals surface area contributed by atoms with Crippen LogP contribution in [0.3, 0.4) is 0 Å². The molecule has 0 N–H and O–H groups in total. The third kappa shape index (κ3) is 4.30. The van der Waals surface area contributed by atoms with Crippen molar-refractivity contribution in [3.05, 3.63) is 27.9 Å². The number of aromatic nitrogens is 2. The van der Waals surface area contributed by atoms with E-state index in [0.29, 0.717) is 13.1 Å². The van der Waals surface area contributed by atoms with E-state index >= 15 is 0 Å². The van der Waals surface area contributed by atoms with Gasteiger partial charge in [0.1, 0.15) is 5.82 Å². The zero-order chi connectivity index (χ0) is 19.7. The Kier molecular flexibility index (Phi) is 5.83. The van der Waals surface area contributed by atoms with Gasteiger partial charge in [0.25, 0.3) is 5.56 Å². The average Bonchev–Trinajstić information content (AvgIpc) is 3.00. The molecular weight excluding hydrogens is 356 g/mol. The summed E-state index contributed by atoms with van der Waals surface area (Å²) in [5.74, 6) is 1.28. The molecule has 1 aromatic heterocycles. The predicted octanol–water partition coefficient (Wildman–Crippen LogP) is 1.39. The number of carbonyl (C=O) groups excluding carboxylic acids is 1. The number of fused-ring (bicyclic) bond motifs is 1. The molecule has 0 unspecified atom stereocenters. The van der Waals surface area contributed by atoms with Crippen molar-refractivity contribution in [1.29, 1.82) is 0 Å². The van der Waals surface area contributed by atoms with Gasteiger partial charge in [-0.05, 0) is 33.1 Å². The van der Waals surface area contributed by atoms with Gasteiger partial charge >= 0.3 is 0 Å². The molecule has 28 heavy (non-hydrogen) atoms. The van der Waals surface area contributed by atoms with Crippen molar-refractivity contribution in [1.82, 2.24) is 19.4 Å². The first-order chi connectivity index (χ1) is 13.5. The van der Waals surface area contributed by atoms with Gasteiger partial charge in [-0.3, -0.25) is 19.1 Å². The Hall–Kier alpha value is -1.73. The predicted molar refractivity (Wildman–Crippen MR) is 106 cm³/mol. The van der Waals surface area contributed by atoms with Crippen molar-refractivity contribution >= 4 is 5.91 Å². The Labute approximate surface area is 166 Å². The van der Waals surface area contributed by atoms with Crippen molar-refractivity contribution in [3.8, 4) is 0 Å². The van der Waals surface area contributed by atoms with E-state index in [9.17, 15) is 9.59 Å². The van der Waals surface area contributed by atoms with Crippen LogP contribution in [0.2, 0.25) is 0 Å². The van der Waals surface area contributed by atoms with Crippen LogP contribution in [0.1, 0.15) is 57.0 Å². The Balaban J connectivity index is 1.40. The Morgan fingerprint density at radius 2 is 1.93 bits per heavy atom. The van der Waals surface area contributed by atoms with E-state index in [2.05, 4.69) is 18.7 Å². The topological polar surface area (TPSA) is 67.7 Å². The van der Waals surface area contributed by atoms with E-state index in [0.717, 1.165) is 69.8 Å². The number of morpholine rings is 1. The molecule has 0 aliphatic carbocycles. The summed E-state index contributed by atoms with van der Waals surface area (Å²) in [4.78, 5) is 34.3. The van der Waals surface area contributed by atoms with Crippen LogP contribution < -0.4 is 5.56 Å². The van der Waals surface area contributed by atoms with E-state index in [1.807, 2.05) is 9.47 Å². The first-order valence-electron chi connectivity index (χ1n) is 10.8. The molecule has 2 fully saturated rings. The van der Waals surface area contributed by atoms with Gasteiger partial charge in [0.2, 0.25) is 5.91 Å². The summed E-state index contributed by atoms with van der Waals surface area (Å²) in [7, 11) is 0. The minimum atomic E-state index is 0.0722. The molecule has 1 amide bonds. The maximum Gasteiger partial charge on any atom is 0.253 e. The zero-order valence-corrected chi connectivity index (χ0v) is 17.1.